The molecular formula is C22H27N3O3S. The highest BCUT2D eigenvalue weighted by molar-refractivity contribution is 7.10. The molecule has 6 nitrogen and oxygen atoms in total. The molecule has 0 aliphatic carbocycles. The van der Waals surface area contributed by atoms with Gasteiger partial charge in [-0.15, -0.1) is 11.3 Å². The van der Waals surface area contributed by atoms with Crippen LogP contribution in [0.5, 0.6) is 0 Å². The van der Waals surface area contributed by atoms with Crippen LogP contribution in [0, 0.1) is 0 Å². The number of carbonyl (C=O) groups is 2. The Kier molecular flexibility index (Phi) is 6.59. The Balaban J connectivity index is 1.30. The minimum absolute atomic E-state index is 0.00570. The van der Waals surface area contributed by atoms with Crippen LogP contribution in [0.3, 0.4) is 0 Å². The van der Waals surface area contributed by atoms with E-state index in [-0.39, 0.29) is 24.0 Å². The number of rotatable bonds is 6. The SMILES string of the molecule is O=C(CN1CCN(C(=O)C2CCCO2)CC1)NC(c1ccccc1)c1cccs1. The number of nitrogens with zero attached hydrogens (tertiary/aromatic N) is 2. The molecule has 1 aromatic heterocycles. The molecule has 7 heteroatoms. The fraction of sp³-hybridized carbons (Fsp3) is 0.455. The van der Waals surface area contributed by atoms with Crippen LogP contribution in [0.25, 0.3) is 0 Å². The van der Waals surface area contributed by atoms with Gasteiger partial charge in [0, 0.05) is 37.7 Å². The molecule has 0 bridgehead atoms. The number of benzene rings is 1. The number of carbonyl (C=O) groups excluding carboxylic acids is 2. The molecule has 2 atom stereocenters. The summed E-state index contributed by atoms with van der Waals surface area (Å²) in [5.74, 6) is 0.111. The molecule has 0 radical (unpaired) electrons. The van der Waals surface area contributed by atoms with Crippen molar-refractivity contribution < 1.29 is 14.3 Å². The lowest BCUT2D eigenvalue weighted by atomic mass is 10.1. The van der Waals surface area contributed by atoms with E-state index in [2.05, 4.69) is 16.3 Å². The molecule has 0 spiro atoms. The minimum atomic E-state index is -0.262. The van der Waals surface area contributed by atoms with Crippen molar-refractivity contribution in [1.82, 2.24) is 15.1 Å². The van der Waals surface area contributed by atoms with Gasteiger partial charge in [-0.25, -0.2) is 0 Å². The van der Waals surface area contributed by atoms with E-state index in [1.165, 1.54) is 0 Å². The summed E-state index contributed by atoms with van der Waals surface area (Å²) in [6.07, 6.45) is 1.52. The first kappa shape index (κ1) is 20.1. The molecule has 4 rings (SSSR count). The molecule has 29 heavy (non-hydrogen) atoms. The largest absolute Gasteiger partial charge is 0.368 e. The van der Waals surface area contributed by atoms with Crippen molar-refractivity contribution in [3.63, 3.8) is 0 Å². The van der Waals surface area contributed by atoms with Crippen molar-refractivity contribution in [2.45, 2.75) is 25.0 Å². The lowest BCUT2D eigenvalue weighted by molar-refractivity contribution is -0.142. The number of hydrogen-bond acceptors (Lipinski definition) is 5. The average Bonchev–Trinajstić information content (AvgIpc) is 3.47. The van der Waals surface area contributed by atoms with Crippen LogP contribution in [-0.2, 0) is 14.3 Å². The number of amides is 2. The summed E-state index contributed by atoms with van der Waals surface area (Å²) in [6.45, 7) is 3.75. The summed E-state index contributed by atoms with van der Waals surface area (Å²) in [7, 11) is 0. The van der Waals surface area contributed by atoms with Crippen molar-refractivity contribution >= 4 is 23.2 Å². The van der Waals surface area contributed by atoms with Crippen LogP contribution in [0.1, 0.15) is 29.3 Å². The van der Waals surface area contributed by atoms with E-state index >= 15 is 0 Å². The van der Waals surface area contributed by atoms with E-state index in [4.69, 9.17) is 4.74 Å². The molecule has 2 aliphatic rings. The van der Waals surface area contributed by atoms with Gasteiger partial charge in [0.25, 0.3) is 5.91 Å². The first-order valence-electron chi connectivity index (χ1n) is 10.2. The zero-order valence-corrected chi connectivity index (χ0v) is 17.3. The van der Waals surface area contributed by atoms with Crippen LogP contribution < -0.4 is 5.32 Å². The molecule has 2 amide bonds. The van der Waals surface area contributed by atoms with E-state index in [0.717, 1.165) is 23.3 Å². The van der Waals surface area contributed by atoms with Gasteiger partial charge in [0.2, 0.25) is 5.91 Å². The second-order valence-corrected chi connectivity index (χ2v) is 8.51. The Morgan fingerprint density at radius 1 is 1.10 bits per heavy atom. The molecular weight excluding hydrogens is 386 g/mol. The molecule has 2 aliphatic heterocycles. The highest BCUT2D eigenvalue weighted by Gasteiger charge is 2.30. The molecule has 2 fully saturated rings. The van der Waals surface area contributed by atoms with E-state index in [1.54, 1.807) is 11.3 Å². The summed E-state index contributed by atoms with van der Waals surface area (Å²) in [6, 6.07) is 14.0. The van der Waals surface area contributed by atoms with Gasteiger partial charge in [0.05, 0.1) is 12.6 Å². The van der Waals surface area contributed by atoms with E-state index < -0.39 is 0 Å². The predicted octanol–water partition coefficient (Wildman–Crippen LogP) is 2.28. The zero-order valence-electron chi connectivity index (χ0n) is 16.5. The summed E-state index contributed by atoms with van der Waals surface area (Å²) < 4.78 is 5.51. The van der Waals surface area contributed by atoms with E-state index in [1.807, 2.05) is 46.7 Å². The normalized spacial score (nSPS) is 21.1. The zero-order chi connectivity index (χ0) is 20.1. The third-order valence-electron chi connectivity index (χ3n) is 5.52. The second-order valence-electron chi connectivity index (χ2n) is 7.53. The van der Waals surface area contributed by atoms with Crippen LogP contribution in [0.2, 0.25) is 0 Å². The Morgan fingerprint density at radius 2 is 1.90 bits per heavy atom. The Labute approximate surface area is 175 Å². The van der Waals surface area contributed by atoms with Gasteiger partial charge in [0.1, 0.15) is 6.10 Å². The van der Waals surface area contributed by atoms with Gasteiger partial charge in [-0.2, -0.15) is 0 Å². The van der Waals surface area contributed by atoms with E-state index in [0.29, 0.717) is 39.3 Å². The maximum atomic E-state index is 12.8. The molecule has 2 unspecified atom stereocenters. The van der Waals surface area contributed by atoms with Crippen molar-refractivity contribution in [1.29, 1.82) is 0 Å². The smallest absolute Gasteiger partial charge is 0.251 e. The van der Waals surface area contributed by atoms with Gasteiger partial charge in [-0.3, -0.25) is 14.5 Å². The molecule has 1 N–H and O–H groups in total. The average molecular weight is 414 g/mol. The molecule has 2 saturated heterocycles. The van der Waals surface area contributed by atoms with Crippen LogP contribution in [-0.4, -0.2) is 67.0 Å². The second kappa shape index (κ2) is 9.52. The highest BCUT2D eigenvalue weighted by Crippen LogP contribution is 2.26. The molecule has 1 aromatic carbocycles. The third-order valence-corrected chi connectivity index (χ3v) is 6.46. The summed E-state index contributed by atoms with van der Waals surface area (Å²) in [5, 5.41) is 5.22. The Bertz CT molecular complexity index is 798. The maximum Gasteiger partial charge on any atom is 0.251 e. The number of hydrogen-bond donors (Lipinski definition) is 1. The highest BCUT2D eigenvalue weighted by atomic mass is 32.1. The standard InChI is InChI=1S/C22H27N3O3S/c26-20(23-21(19-9-5-15-29-19)17-6-2-1-3-7-17)16-24-10-12-25(13-11-24)22(27)18-8-4-14-28-18/h1-3,5-7,9,15,18,21H,4,8,10-14,16H2,(H,23,26). The number of ether oxygens (including phenoxy) is 1. The maximum absolute atomic E-state index is 12.8. The van der Waals surface area contributed by atoms with Gasteiger partial charge in [-0.05, 0) is 29.9 Å². The Morgan fingerprint density at radius 3 is 2.55 bits per heavy atom. The predicted molar refractivity (Wildman–Crippen MR) is 113 cm³/mol. The molecule has 2 aromatic rings. The number of piperazine rings is 1. The first-order valence-corrected chi connectivity index (χ1v) is 11.1. The van der Waals surface area contributed by atoms with Crippen molar-refractivity contribution in [3.8, 4) is 0 Å². The van der Waals surface area contributed by atoms with Gasteiger partial charge in [0.15, 0.2) is 0 Å². The summed E-state index contributed by atoms with van der Waals surface area (Å²) in [5.41, 5.74) is 1.08. The fourth-order valence-electron chi connectivity index (χ4n) is 3.93. The number of nitrogens with one attached hydrogen (secondary N) is 1. The monoisotopic (exact) mass is 413 g/mol. The minimum Gasteiger partial charge on any atom is -0.368 e. The summed E-state index contributed by atoms with van der Waals surface area (Å²) >= 11 is 1.65. The topological polar surface area (TPSA) is 61.9 Å². The molecule has 0 saturated carbocycles. The van der Waals surface area contributed by atoms with Crippen molar-refractivity contribution in [2.24, 2.45) is 0 Å². The van der Waals surface area contributed by atoms with Crippen molar-refractivity contribution in [3.05, 3.63) is 58.3 Å². The summed E-state index contributed by atoms with van der Waals surface area (Å²) in [4.78, 5) is 30.3. The molecule has 3 heterocycles. The fourth-order valence-corrected chi connectivity index (χ4v) is 4.73. The lowest BCUT2D eigenvalue weighted by Crippen LogP contribution is -2.53. The first-order chi connectivity index (χ1) is 14.2. The van der Waals surface area contributed by atoms with Gasteiger partial charge < -0.3 is 15.0 Å². The Hall–Kier alpha value is -2.22. The van der Waals surface area contributed by atoms with Crippen molar-refractivity contribution in [2.75, 3.05) is 39.3 Å². The van der Waals surface area contributed by atoms with Crippen LogP contribution in [0.4, 0.5) is 0 Å². The van der Waals surface area contributed by atoms with Crippen LogP contribution >= 0.6 is 11.3 Å². The van der Waals surface area contributed by atoms with Gasteiger partial charge in [-0.1, -0.05) is 36.4 Å². The van der Waals surface area contributed by atoms with Gasteiger partial charge >= 0.3 is 0 Å². The van der Waals surface area contributed by atoms with E-state index in [9.17, 15) is 9.59 Å². The molecule has 154 valence electrons. The third kappa shape index (κ3) is 5.04. The van der Waals surface area contributed by atoms with Crippen LogP contribution in [0.15, 0.2) is 47.8 Å². The number of thiophene rings is 1. The quantitative estimate of drug-likeness (QED) is 0.789. The lowest BCUT2D eigenvalue weighted by Gasteiger charge is -2.35.